The van der Waals surface area contributed by atoms with Crippen molar-refractivity contribution in [2.24, 2.45) is 0 Å². The van der Waals surface area contributed by atoms with Crippen LogP contribution in [0.5, 0.6) is 0 Å². The Hall–Kier alpha value is -2.50. The van der Waals surface area contributed by atoms with E-state index in [-0.39, 0.29) is 11.6 Å². The molecule has 1 heterocycles. The Bertz CT molecular complexity index is 676. The molecule has 3 rings (SSSR count). The second-order valence-electron chi connectivity index (χ2n) is 5.84. The smallest absolute Gasteiger partial charge is 0.273 e. The lowest BCUT2D eigenvalue weighted by Gasteiger charge is -2.35. The van der Waals surface area contributed by atoms with E-state index >= 15 is 0 Å². The topological polar surface area (TPSA) is 66.5 Å². The fraction of sp³-hybridized carbons (Fsp3) is 0.353. The highest BCUT2D eigenvalue weighted by Gasteiger charge is 2.40. The van der Waals surface area contributed by atoms with Crippen molar-refractivity contribution < 1.29 is 18.8 Å². The van der Waals surface area contributed by atoms with E-state index in [9.17, 15) is 18.8 Å². The highest BCUT2D eigenvalue weighted by molar-refractivity contribution is 6.31. The minimum Gasteiger partial charge on any atom is -0.273 e. The van der Waals surface area contributed by atoms with Crippen LogP contribution in [0.1, 0.15) is 37.7 Å². The summed E-state index contributed by atoms with van der Waals surface area (Å²) in [5, 5.41) is 2.22. The van der Waals surface area contributed by atoms with Gasteiger partial charge in [-0.15, -0.1) is 0 Å². The number of nitrogens with zero attached hydrogens (tertiary/aromatic N) is 1. The molecule has 1 N–H and O–H groups in total. The molecule has 0 aromatic heterocycles. The zero-order valence-corrected chi connectivity index (χ0v) is 12.5. The van der Waals surface area contributed by atoms with Gasteiger partial charge in [0.05, 0.1) is 0 Å². The number of urea groups is 1. The van der Waals surface area contributed by atoms with Gasteiger partial charge in [0, 0.05) is 6.04 Å². The molecule has 1 aliphatic heterocycles. The summed E-state index contributed by atoms with van der Waals surface area (Å²) in [7, 11) is 0. The van der Waals surface area contributed by atoms with Gasteiger partial charge in [-0.1, -0.05) is 31.4 Å². The van der Waals surface area contributed by atoms with Crippen LogP contribution in [0.15, 0.2) is 29.8 Å². The van der Waals surface area contributed by atoms with E-state index in [1.807, 2.05) is 0 Å². The maximum absolute atomic E-state index is 13.0. The molecule has 2 fully saturated rings. The number of nitrogens with one attached hydrogen (secondary N) is 1. The molecule has 5 nitrogen and oxygen atoms in total. The second-order valence-corrected chi connectivity index (χ2v) is 5.84. The molecule has 23 heavy (non-hydrogen) atoms. The number of hydrogen-bond donors (Lipinski definition) is 1. The van der Waals surface area contributed by atoms with E-state index < -0.39 is 23.7 Å². The quantitative estimate of drug-likeness (QED) is 0.674. The van der Waals surface area contributed by atoms with Crippen molar-refractivity contribution in [3.63, 3.8) is 0 Å². The molecule has 1 aliphatic carbocycles. The van der Waals surface area contributed by atoms with Crippen molar-refractivity contribution in [1.29, 1.82) is 0 Å². The van der Waals surface area contributed by atoms with E-state index in [0.717, 1.165) is 37.0 Å². The Morgan fingerprint density at radius 1 is 1.04 bits per heavy atom. The molecular weight excluding hydrogens is 299 g/mol. The summed E-state index contributed by atoms with van der Waals surface area (Å²) < 4.78 is 13.0. The normalized spacial score (nSPS) is 21.7. The van der Waals surface area contributed by atoms with Crippen molar-refractivity contribution in [3.8, 4) is 0 Å². The zero-order chi connectivity index (χ0) is 16.4. The van der Waals surface area contributed by atoms with Crippen molar-refractivity contribution in [2.45, 2.75) is 38.1 Å². The summed E-state index contributed by atoms with van der Waals surface area (Å²) in [6.07, 6.45) is 5.93. The highest BCUT2D eigenvalue weighted by atomic mass is 19.1. The summed E-state index contributed by atoms with van der Waals surface area (Å²) in [6, 6.07) is 4.64. The Labute approximate surface area is 133 Å². The summed E-state index contributed by atoms with van der Waals surface area (Å²) in [4.78, 5) is 37.8. The Morgan fingerprint density at radius 3 is 2.35 bits per heavy atom. The van der Waals surface area contributed by atoms with Gasteiger partial charge in [-0.05, 0) is 36.6 Å². The fourth-order valence-electron chi connectivity index (χ4n) is 3.07. The standard InChI is InChI=1S/C17H17FN2O3/c18-12-8-6-11(7-9-12)10-14-15(21)19-17(23)20(16(14)22)13-4-2-1-3-5-13/h6-10,13H,1-5H2,(H,19,21,23)/b14-10+. The van der Waals surface area contributed by atoms with Crippen molar-refractivity contribution in [3.05, 3.63) is 41.2 Å². The molecule has 6 heteroatoms. The van der Waals surface area contributed by atoms with Crippen LogP contribution in [0.3, 0.4) is 0 Å². The lowest BCUT2D eigenvalue weighted by Crippen LogP contribution is -2.58. The third-order valence-corrected chi connectivity index (χ3v) is 4.25. The van der Waals surface area contributed by atoms with Crippen LogP contribution in [0, 0.1) is 5.82 Å². The highest BCUT2D eigenvalue weighted by Crippen LogP contribution is 2.26. The molecule has 0 unspecified atom stereocenters. The Morgan fingerprint density at radius 2 is 1.70 bits per heavy atom. The van der Waals surface area contributed by atoms with Gasteiger partial charge in [-0.2, -0.15) is 0 Å². The summed E-state index contributed by atoms with van der Waals surface area (Å²) in [6.45, 7) is 0. The summed E-state index contributed by atoms with van der Waals surface area (Å²) in [5.74, 6) is -1.68. The first kappa shape index (κ1) is 15.4. The average Bonchev–Trinajstić information content (AvgIpc) is 2.54. The molecule has 1 saturated heterocycles. The fourth-order valence-corrected chi connectivity index (χ4v) is 3.07. The van der Waals surface area contributed by atoms with Crippen LogP contribution in [0.2, 0.25) is 0 Å². The van der Waals surface area contributed by atoms with Crippen molar-refractivity contribution >= 4 is 23.9 Å². The Balaban J connectivity index is 1.90. The molecule has 1 aromatic rings. The SMILES string of the molecule is O=C1NC(=O)N(C2CCCCC2)C(=O)/C1=C/c1ccc(F)cc1. The van der Waals surface area contributed by atoms with Crippen LogP contribution >= 0.6 is 0 Å². The number of imide groups is 2. The number of barbiturate groups is 1. The number of halogens is 1. The first-order valence-electron chi connectivity index (χ1n) is 7.72. The summed E-state index contributed by atoms with van der Waals surface area (Å²) in [5.41, 5.74) is 0.435. The molecular formula is C17H17FN2O3. The van der Waals surface area contributed by atoms with E-state index in [1.54, 1.807) is 0 Å². The monoisotopic (exact) mass is 316 g/mol. The zero-order valence-electron chi connectivity index (χ0n) is 12.5. The summed E-state index contributed by atoms with van der Waals surface area (Å²) >= 11 is 0. The molecule has 4 amide bonds. The lowest BCUT2D eigenvalue weighted by atomic mass is 9.93. The first-order valence-corrected chi connectivity index (χ1v) is 7.72. The molecule has 0 bridgehead atoms. The predicted molar refractivity (Wildman–Crippen MR) is 81.6 cm³/mol. The van der Waals surface area contributed by atoms with Gasteiger partial charge in [-0.3, -0.25) is 19.8 Å². The van der Waals surface area contributed by atoms with Crippen molar-refractivity contribution in [2.75, 3.05) is 0 Å². The second kappa shape index (κ2) is 6.32. The molecule has 0 spiro atoms. The number of amides is 4. The third kappa shape index (κ3) is 3.16. The van der Waals surface area contributed by atoms with Crippen molar-refractivity contribution in [1.82, 2.24) is 10.2 Å². The van der Waals surface area contributed by atoms with Crippen LogP contribution in [0.4, 0.5) is 9.18 Å². The predicted octanol–water partition coefficient (Wildman–Crippen LogP) is 2.62. The molecule has 120 valence electrons. The van der Waals surface area contributed by atoms with Gasteiger partial charge in [-0.25, -0.2) is 9.18 Å². The maximum atomic E-state index is 13.0. The Kier molecular flexibility index (Phi) is 4.23. The first-order chi connectivity index (χ1) is 11.1. The van der Waals surface area contributed by atoms with Crippen LogP contribution in [0.25, 0.3) is 6.08 Å². The van der Waals surface area contributed by atoms with Gasteiger partial charge in [0.25, 0.3) is 11.8 Å². The van der Waals surface area contributed by atoms with Gasteiger partial charge < -0.3 is 0 Å². The van der Waals surface area contributed by atoms with Gasteiger partial charge in [0.2, 0.25) is 0 Å². The third-order valence-electron chi connectivity index (χ3n) is 4.25. The number of carbonyl (C=O) groups excluding carboxylic acids is 3. The van der Waals surface area contributed by atoms with E-state index in [0.29, 0.717) is 5.56 Å². The van der Waals surface area contributed by atoms with Gasteiger partial charge >= 0.3 is 6.03 Å². The molecule has 1 aromatic carbocycles. The number of rotatable bonds is 2. The minimum absolute atomic E-state index is 0.0956. The lowest BCUT2D eigenvalue weighted by molar-refractivity contribution is -0.132. The molecule has 1 saturated carbocycles. The number of benzene rings is 1. The van der Waals surface area contributed by atoms with Gasteiger partial charge in [0.1, 0.15) is 11.4 Å². The molecule has 0 radical (unpaired) electrons. The molecule has 2 aliphatic rings. The maximum Gasteiger partial charge on any atom is 0.331 e. The van der Waals surface area contributed by atoms with Crippen LogP contribution in [-0.4, -0.2) is 28.8 Å². The minimum atomic E-state index is -0.712. The van der Waals surface area contributed by atoms with E-state index in [2.05, 4.69) is 5.32 Å². The number of hydrogen-bond acceptors (Lipinski definition) is 3. The average molecular weight is 316 g/mol. The van der Waals surface area contributed by atoms with Crippen LogP contribution in [-0.2, 0) is 9.59 Å². The van der Waals surface area contributed by atoms with Crippen LogP contribution < -0.4 is 5.32 Å². The van der Waals surface area contributed by atoms with E-state index in [4.69, 9.17) is 0 Å². The largest absolute Gasteiger partial charge is 0.331 e. The number of carbonyl (C=O) groups is 3. The van der Waals surface area contributed by atoms with E-state index in [1.165, 1.54) is 30.3 Å². The molecule has 0 atom stereocenters. The van der Waals surface area contributed by atoms with Gasteiger partial charge in [0.15, 0.2) is 0 Å².